The summed E-state index contributed by atoms with van der Waals surface area (Å²) in [7, 11) is -1.80. The molecule has 1 aromatic heterocycles. The van der Waals surface area contributed by atoms with Crippen molar-refractivity contribution in [3.63, 3.8) is 0 Å². The highest BCUT2D eigenvalue weighted by atomic mass is 32.2. The molecule has 132 valence electrons. The molecule has 2 heterocycles. The normalized spacial score (nSPS) is 19.8. The average molecular weight is 352 g/mol. The maximum Gasteiger partial charge on any atom is 0.279 e. The SMILES string of the molecule is COCC1CCCN(S(=O)(=O)NCCc2nc3ccccc3[nH]2)C1. The number of aromatic amines is 1. The molecule has 1 saturated heterocycles. The number of benzene rings is 1. The number of hydrogen-bond donors (Lipinski definition) is 2. The number of ether oxygens (including phenoxy) is 1. The van der Waals surface area contributed by atoms with Crippen LogP contribution in [0.3, 0.4) is 0 Å². The Kier molecular flexibility index (Phi) is 5.50. The fourth-order valence-corrected chi connectivity index (χ4v) is 4.45. The summed E-state index contributed by atoms with van der Waals surface area (Å²) in [5.41, 5.74) is 1.86. The van der Waals surface area contributed by atoms with Gasteiger partial charge >= 0.3 is 0 Å². The van der Waals surface area contributed by atoms with Gasteiger partial charge in [0, 0.05) is 33.2 Å². The Morgan fingerprint density at radius 2 is 2.25 bits per heavy atom. The molecule has 1 unspecified atom stereocenters. The minimum Gasteiger partial charge on any atom is -0.384 e. The standard InChI is InChI=1S/C16H24N4O3S/c1-23-12-13-5-4-10-20(11-13)24(21,22)17-9-8-16-18-14-6-2-3-7-15(14)19-16/h2-3,6-7,13,17H,4-5,8-12H2,1H3,(H,18,19). The Hall–Kier alpha value is -1.48. The lowest BCUT2D eigenvalue weighted by molar-refractivity contribution is 0.118. The number of aromatic nitrogens is 2. The Labute approximate surface area is 142 Å². The molecule has 7 nitrogen and oxygen atoms in total. The van der Waals surface area contributed by atoms with Crippen LogP contribution in [0.5, 0.6) is 0 Å². The maximum absolute atomic E-state index is 12.4. The molecular weight excluding hydrogens is 328 g/mol. The van der Waals surface area contributed by atoms with Gasteiger partial charge in [-0.15, -0.1) is 0 Å². The van der Waals surface area contributed by atoms with Crippen LogP contribution in [-0.4, -0.2) is 56.0 Å². The van der Waals surface area contributed by atoms with Gasteiger partial charge in [-0.05, 0) is 30.9 Å². The van der Waals surface area contributed by atoms with Gasteiger partial charge in [-0.2, -0.15) is 12.7 Å². The molecular formula is C16H24N4O3S. The summed E-state index contributed by atoms with van der Waals surface area (Å²) in [6, 6.07) is 7.77. The molecule has 1 aliphatic heterocycles. The zero-order valence-corrected chi connectivity index (χ0v) is 14.7. The molecule has 0 saturated carbocycles. The predicted molar refractivity (Wildman–Crippen MR) is 92.9 cm³/mol. The molecule has 24 heavy (non-hydrogen) atoms. The van der Waals surface area contributed by atoms with Crippen molar-refractivity contribution < 1.29 is 13.2 Å². The quantitative estimate of drug-likeness (QED) is 0.786. The summed E-state index contributed by atoms with van der Waals surface area (Å²) >= 11 is 0. The molecule has 8 heteroatoms. The van der Waals surface area contributed by atoms with E-state index in [1.54, 1.807) is 7.11 Å². The van der Waals surface area contributed by atoms with Crippen LogP contribution in [0.2, 0.25) is 0 Å². The summed E-state index contributed by atoms with van der Waals surface area (Å²) < 4.78 is 34.2. The van der Waals surface area contributed by atoms with Crippen molar-refractivity contribution in [2.24, 2.45) is 5.92 Å². The van der Waals surface area contributed by atoms with Crippen molar-refractivity contribution in [3.05, 3.63) is 30.1 Å². The number of para-hydroxylation sites is 2. The third-order valence-electron chi connectivity index (χ3n) is 4.31. The van der Waals surface area contributed by atoms with E-state index >= 15 is 0 Å². The lowest BCUT2D eigenvalue weighted by Crippen LogP contribution is -2.47. The van der Waals surface area contributed by atoms with Crippen molar-refractivity contribution >= 4 is 21.2 Å². The first-order valence-corrected chi connectivity index (χ1v) is 9.70. The molecule has 0 aliphatic carbocycles. The van der Waals surface area contributed by atoms with E-state index in [0.29, 0.717) is 32.7 Å². The monoisotopic (exact) mass is 352 g/mol. The molecule has 0 spiro atoms. The maximum atomic E-state index is 12.4. The van der Waals surface area contributed by atoms with E-state index < -0.39 is 10.2 Å². The van der Waals surface area contributed by atoms with Gasteiger partial charge in [0.05, 0.1) is 17.6 Å². The van der Waals surface area contributed by atoms with Crippen molar-refractivity contribution in [2.45, 2.75) is 19.3 Å². The second-order valence-electron chi connectivity index (χ2n) is 6.17. The number of imidazole rings is 1. The first kappa shape index (κ1) is 17.3. The van der Waals surface area contributed by atoms with E-state index in [2.05, 4.69) is 14.7 Å². The zero-order valence-electron chi connectivity index (χ0n) is 13.9. The molecule has 0 bridgehead atoms. The second-order valence-corrected chi connectivity index (χ2v) is 7.93. The fraction of sp³-hybridized carbons (Fsp3) is 0.562. The highest BCUT2D eigenvalue weighted by Crippen LogP contribution is 2.18. The number of H-pyrrole nitrogens is 1. The van der Waals surface area contributed by atoms with Crippen LogP contribution in [0.1, 0.15) is 18.7 Å². The van der Waals surface area contributed by atoms with Gasteiger partial charge in [0.1, 0.15) is 5.82 Å². The highest BCUT2D eigenvalue weighted by Gasteiger charge is 2.28. The van der Waals surface area contributed by atoms with E-state index in [-0.39, 0.29) is 5.92 Å². The molecule has 0 amide bonds. The van der Waals surface area contributed by atoms with Crippen LogP contribution >= 0.6 is 0 Å². The molecule has 1 atom stereocenters. The van der Waals surface area contributed by atoms with E-state index in [1.165, 1.54) is 4.31 Å². The third kappa shape index (κ3) is 4.13. The Morgan fingerprint density at radius 1 is 1.42 bits per heavy atom. The van der Waals surface area contributed by atoms with Crippen LogP contribution in [0.15, 0.2) is 24.3 Å². The van der Waals surface area contributed by atoms with Crippen LogP contribution in [0, 0.1) is 5.92 Å². The molecule has 2 N–H and O–H groups in total. The molecule has 0 radical (unpaired) electrons. The molecule has 1 aliphatic rings. The van der Waals surface area contributed by atoms with Gasteiger partial charge in [-0.3, -0.25) is 0 Å². The van der Waals surface area contributed by atoms with E-state index in [9.17, 15) is 8.42 Å². The first-order chi connectivity index (χ1) is 11.6. The predicted octanol–water partition coefficient (Wildman–Crippen LogP) is 1.30. The minimum absolute atomic E-state index is 0.274. The van der Waals surface area contributed by atoms with Crippen molar-refractivity contribution in [3.8, 4) is 0 Å². The Morgan fingerprint density at radius 3 is 3.04 bits per heavy atom. The number of hydrogen-bond acceptors (Lipinski definition) is 4. The number of nitrogens with one attached hydrogen (secondary N) is 2. The Balaban J connectivity index is 1.54. The largest absolute Gasteiger partial charge is 0.384 e. The van der Waals surface area contributed by atoms with Crippen LogP contribution in [-0.2, 0) is 21.4 Å². The summed E-state index contributed by atoms with van der Waals surface area (Å²) in [5, 5.41) is 0. The second kappa shape index (κ2) is 7.60. The summed E-state index contributed by atoms with van der Waals surface area (Å²) in [5.74, 6) is 1.06. The fourth-order valence-electron chi connectivity index (χ4n) is 3.13. The Bertz CT molecular complexity index is 739. The third-order valence-corrected chi connectivity index (χ3v) is 5.89. The molecule has 2 aromatic rings. The number of rotatable bonds is 7. The lowest BCUT2D eigenvalue weighted by atomic mass is 10.0. The van der Waals surface area contributed by atoms with Gasteiger partial charge in [0.2, 0.25) is 0 Å². The van der Waals surface area contributed by atoms with Crippen molar-refractivity contribution in [1.29, 1.82) is 0 Å². The highest BCUT2D eigenvalue weighted by molar-refractivity contribution is 7.87. The van der Waals surface area contributed by atoms with E-state index in [0.717, 1.165) is 29.7 Å². The summed E-state index contributed by atoms with van der Waals surface area (Å²) in [4.78, 5) is 7.67. The van der Waals surface area contributed by atoms with Crippen molar-refractivity contribution in [1.82, 2.24) is 19.0 Å². The number of methoxy groups -OCH3 is 1. The molecule has 3 rings (SSSR count). The van der Waals surface area contributed by atoms with Crippen LogP contribution in [0.25, 0.3) is 11.0 Å². The van der Waals surface area contributed by atoms with Gasteiger partial charge in [0.25, 0.3) is 10.2 Å². The van der Waals surface area contributed by atoms with Gasteiger partial charge < -0.3 is 9.72 Å². The van der Waals surface area contributed by atoms with Crippen molar-refractivity contribution in [2.75, 3.05) is 33.4 Å². The lowest BCUT2D eigenvalue weighted by Gasteiger charge is -2.31. The van der Waals surface area contributed by atoms with Gasteiger partial charge in [-0.1, -0.05) is 12.1 Å². The summed E-state index contributed by atoms with van der Waals surface area (Å²) in [6.45, 7) is 2.02. The van der Waals surface area contributed by atoms with Gasteiger partial charge in [-0.25, -0.2) is 9.71 Å². The number of fused-ring (bicyclic) bond motifs is 1. The summed E-state index contributed by atoms with van der Waals surface area (Å²) in [6.07, 6.45) is 2.42. The topological polar surface area (TPSA) is 87.3 Å². The molecule has 1 fully saturated rings. The molecule has 1 aromatic carbocycles. The smallest absolute Gasteiger partial charge is 0.279 e. The van der Waals surface area contributed by atoms with Crippen LogP contribution < -0.4 is 4.72 Å². The first-order valence-electron chi connectivity index (χ1n) is 8.26. The minimum atomic E-state index is -3.45. The zero-order chi connectivity index (χ0) is 17.0. The number of nitrogens with zero attached hydrogens (tertiary/aromatic N) is 2. The van der Waals surface area contributed by atoms with Gasteiger partial charge in [0.15, 0.2) is 0 Å². The average Bonchev–Trinajstić information content (AvgIpc) is 2.98. The van der Waals surface area contributed by atoms with Crippen LogP contribution in [0.4, 0.5) is 0 Å². The van der Waals surface area contributed by atoms with E-state index in [1.807, 2.05) is 24.3 Å². The number of piperidine rings is 1. The van der Waals surface area contributed by atoms with E-state index in [4.69, 9.17) is 4.74 Å².